The molecule has 0 spiro atoms. The van der Waals surface area contributed by atoms with Gasteiger partial charge in [0.05, 0.1) is 11.7 Å². The summed E-state index contributed by atoms with van der Waals surface area (Å²) in [6.45, 7) is 0.957. The first-order valence-electron chi connectivity index (χ1n) is 5.63. The zero-order chi connectivity index (χ0) is 10.8. The second-order valence-electron chi connectivity index (χ2n) is 4.10. The molecule has 1 aliphatic carbocycles. The van der Waals surface area contributed by atoms with Crippen molar-refractivity contribution in [3.63, 3.8) is 0 Å². The molecule has 1 N–H and O–H groups in total. The van der Waals surface area contributed by atoms with Crippen LogP contribution >= 0.6 is 11.3 Å². The van der Waals surface area contributed by atoms with Crippen LogP contribution in [0.25, 0.3) is 0 Å². The molecule has 0 saturated carbocycles. The minimum atomic E-state index is 0.443. The molecule has 0 bridgehead atoms. The maximum Gasteiger partial charge on any atom is 0.0605 e. The number of aromatic nitrogens is 1. The van der Waals surface area contributed by atoms with Crippen LogP contribution in [0.5, 0.6) is 0 Å². The highest BCUT2D eigenvalue weighted by Gasteiger charge is 2.22. The normalized spacial score (nSPS) is 18.6. The van der Waals surface area contributed by atoms with Gasteiger partial charge >= 0.3 is 0 Å². The number of pyridine rings is 1. The summed E-state index contributed by atoms with van der Waals surface area (Å²) in [5.74, 6) is 0. The molecule has 1 unspecified atom stereocenters. The number of rotatable bonds is 3. The summed E-state index contributed by atoms with van der Waals surface area (Å²) >= 11 is 1.80. The van der Waals surface area contributed by atoms with Gasteiger partial charge in [-0.1, -0.05) is 12.1 Å². The Bertz CT molecular complexity index is 465. The summed E-state index contributed by atoms with van der Waals surface area (Å²) in [5, 5.41) is 5.71. The lowest BCUT2D eigenvalue weighted by Gasteiger charge is -2.11. The number of fused-ring (bicyclic) bond motifs is 1. The molecular formula is C13H14N2S. The van der Waals surface area contributed by atoms with E-state index < -0.39 is 0 Å². The van der Waals surface area contributed by atoms with Crippen molar-refractivity contribution < 1.29 is 0 Å². The number of nitrogens with zero attached hydrogens (tertiary/aromatic N) is 1. The van der Waals surface area contributed by atoms with Crippen LogP contribution in [0, 0.1) is 0 Å². The van der Waals surface area contributed by atoms with Crippen LogP contribution in [-0.4, -0.2) is 4.98 Å². The molecule has 2 aromatic rings. The maximum atomic E-state index is 4.48. The average Bonchev–Trinajstić information content (AvgIpc) is 2.96. The summed E-state index contributed by atoms with van der Waals surface area (Å²) in [5.41, 5.74) is 2.66. The lowest BCUT2D eigenvalue weighted by atomic mass is 10.2. The Labute approximate surface area is 99.4 Å². The Morgan fingerprint density at radius 1 is 1.38 bits per heavy atom. The van der Waals surface area contributed by atoms with Crippen molar-refractivity contribution in [2.45, 2.75) is 25.4 Å². The van der Waals surface area contributed by atoms with E-state index in [0.29, 0.717) is 6.04 Å². The summed E-state index contributed by atoms with van der Waals surface area (Å²) in [7, 11) is 0. The molecule has 0 fully saturated rings. The summed E-state index contributed by atoms with van der Waals surface area (Å²) in [4.78, 5) is 5.87. The molecule has 1 aliphatic rings. The third-order valence-electron chi connectivity index (χ3n) is 3.06. The fraction of sp³-hybridized carbons (Fsp3) is 0.308. The van der Waals surface area contributed by atoms with E-state index in [2.05, 4.69) is 33.9 Å². The van der Waals surface area contributed by atoms with Crippen molar-refractivity contribution in [2.75, 3.05) is 0 Å². The second-order valence-corrected chi connectivity index (χ2v) is 5.13. The number of hydrogen-bond donors (Lipinski definition) is 1. The van der Waals surface area contributed by atoms with Crippen molar-refractivity contribution in [1.82, 2.24) is 10.3 Å². The van der Waals surface area contributed by atoms with Crippen molar-refractivity contribution in [1.29, 1.82) is 0 Å². The molecule has 2 nitrogen and oxygen atoms in total. The van der Waals surface area contributed by atoms with Crippen LogP contribution in [0.3, 0.4) is 0 Å². The molecule has 82 valence electrons. The van der Waals surface area contributed by atoms with E-state index >= 15 is 0 Å². The molecule has 2 aromatic heterocycles. The van der Waals surface area contributed by atoms with E-state index in [1.54, 1.807) is 11.3 Å². The monoisotopic (exact) mass is 230 g/mol. The molecule has 0 aromatic carbocycles. The molecule has 0 saturated heterocycles. The van der Waals surface area contributed by atoms with Gasteiger partial charge in [-0.25, -0.2) is 0 Å². The van der Waals surface area contributed by atoms with Crippen molar-refractivity contribution in [3.8, 4) is 0 Å². The van der Waals surface area contributed by atoms with Crippen LogP contribution in [-0.2, 0) is 13.0 Å². The highest BCUT2D eigenvalue weighted by Crippen LogP contribution is 2.29. The second kappa shape index (κ2) is 4.36. The predicted octanol–water partition coefficient (Wildman–Crippen LogP) is 2.92. The third-order valence-corrected chi connectivity index (χ3v) is 3.94. The first kappa shape index (κ1) is 10.00. The highest BCUT2D eigenvalue weighted by atomic mass is 32.1. The molecule has 0 aliphatic heterocycles. The van der Waals surface area contributed by atoms with Gasteiger partial charge in [0.25, 0.3) is 0 Å². The molecule has 1 atom stereocenters. The highest BCUT2D eigenvalue weighted by molar-refractivity contribution is 7.09. The number of aryl methyl sites for hydroxylation is 1. The smallest absolute Gasteiger partial charge is 0.0605 e. The van der Waals surface area contributed by atoms with Crippen molar-refractivity contribution in [3.05, 3.63) is 52.0 Å². The number of thiophene rings is 1. The van der Waals surface area contributed by atoms with Gasteiger partial charge in [0.2, 0.25) is 0 Å². The standard InChI is InChI=1S/C13H14N2S/c1-3-10-5-6-12(13(10)14-7-1)15-9-11-4-2-8-16-11/h1-4,7-8,12,15H,5-6,9H2. The molecule has 0 radical (unpaired) electrons. The van der Waals surface area contributed by atoms with Crippen LogP contribution in [0.1, 0.15) is 28.6 Å². The summed E-state index contributed by atoms with van der Waals surface area (Å²) in [6, 6.07) is 8.93. The van der Waals surface area contributed by atoms with Crippen LogP contribution in [0.4, 0.5) is 0 Å². The zero-order valence-corrected chi connectivity index (χ0v) is 9.83. The van der Waals surface area contributed by atoms with Gasteiger partial charge in [-0.3, -0.25) is 4.98 Å². The Morgan fingerprint density at radius 2 is 2.38 bits per heavy atom. The van der Waals surface area contributed by atoms with Gasteiger partial charge in [-0.05, 0) is 35.9 Å². The van der Waals surface area contributed by atoms with E-state index in [0.717, 1.165) is 13.0 Å². The first-order valence-corrected chi connectivity index (χ1v) is 6.51. The van der Waals surface area contributed by atoms with E-state index in [9.17, 15) is 0 Å². The molecule has 3 rings (SSSR count). The van der Waals surface area contributed by atoms with E-state index in [1.807, 2.05) is 12.3 Å². The van der Waals surface area contributed by atoms with Crippen LogP contribution < -0.4 is 5.32 Å². The number of nitrogens with one attached hydrogen (secondary N) is 1. The van der Waals surface area contributed by atoms with Gasteiger partial charge in [0, 0.05) is 17.6 Å². The number of hydrogen-bond acceptors (Lipinski definition) is 3. The summed E-state index contributed by atoms with van der Waals surface area (Å²) < 4.78 is 0. The Balaban J connectivity index is 1.69. The topological polar surface area (TPSA) is 24.9 Å². The molecule has 2 heterocycles. The van der Waals surface area contributed by atoms with E-state index in [-0.39, 0.29) is 0 Å². The van der Waals surface area contributed by atoms with Gasteiger partial charge in [0.15, 0.2) is 0 Å². The molecular weight excluding hydrogens is 216 g/mol. The Kier molecular flexibility index (Phi) is 2.72. The van der Waals surface area contributed by atoms with Crippen molar-refractivity contribution in [2.24, 2.45) is 0 Å². The summed E-state index contributed by atoms with van der Waals surface area (Å²) in [6.07, 6.45) is 4.23. The fourth-order valence-corrected chi connectivity index (χ4v) is 2.90. The molecule has 16 heavy (non-hydrogen) atoms. The van der Waals surface area contributed by atoms with Gasteiger partial charge < -0.3 is 5.32 Å². The lowest BCUT2D eigenvalue weighted by Crippen LogP contribution is -2.18. The van der Waals surface area contributed by atoms with E-state index in [1.165, 1.54) is 22.6 Å². The van der Waals surface area contributed by atoms with Gasteiger partial charge in [0.1, 0.15) is 0 Å². The van der Waals surface area contributed by atoms with E-state index in [4.69, 9.17) is 0 Å². The Morgan fingerprint density at radius 3 is 3.25 bits per heavy atom. The average molecular weight is 230 g/mol. The molecule has 3 heteroatoms. The van der Waals surface area contributed by atoms with Crippen molar-refractivity contribution >= 4 is 11.3 Å². The van der Waals surface area contributed by atoms with Gasteiger partial charge in [-0.2, -0.15) is 0 Å². The maximum absolute atomic E-state index is 4.48. The zero-order valence-electron chi connectivity index (χ0n) is 9.02. The van der Waals surface area contributed by atoms with Gasteiger partial charge in [-0.15, -0.1) is 11.3 Å². The SMILES string of the molecule is c1csc(CNC2CCc3cccnc32)c1. The van der Waals surface area contributed by atoms with Crippen LogP contribution in [0.15, 0.2) is 35.8 Å². The van der Waals surface area contributed by atoms with Crippen LogP contribution in [0.2, 0.25) is 0 Å². The minimum absolute atomic E-state index is 0.443. The fourth-order valence-electron chi connectivity index (χ4n) is 2.25. The quantitative estimate of drug-likeness (QED) is 0.877. The lowest BCUT2D eigenvalue weighted by molar-refractivity contribution is 0.524. The minimum Gasteiger partial charge on any atom is -0.304 e. The Hall–Kier alpha value is -1.19. The first-order chi connectivity index (χ1) is 7.93. The predicted molar refractivity (Wildman–Crippen MR) is 66.5 cm³/mol. The third kappa shape index (κ3) is 1.88. The largest absolute Gasteiger partial charge is 0.304 e. The molecule has 0 amide bonds.